The highest BCUT2D eigenvalue weighted by Crippen LogP contribution is 2.31. The van der Waals surface area contributed by atoms with Gasteiger partial charge in [0.25, 0.3) is 0 Å². The SMILES string of the molecule is COc1ccc(NC(=O)N2CCCC(CN(C)C(=O)OC(C)(C)C)C2)cc1OC(F)F. The van der Waals surface area contributed by atoms with Crippen LogP contribution in [0.2, 0.25) is 0 Å². The van der Waals surface area contributed by atoms with Crippen LogP contribution in [0.25, 0.3) is 0 Å². The molecule has 1 aliphatic rings. The van der Waals surface area contributed by atoms with E-state index in [1.54, 1.807) is 18.0 Å². The number of halogens is 2. The Hall–Kier alpha value is -2.78. The molecule has 0 saturated carbocycles. The van der Waals surface area contributed by atoms with Crippen molar-refractivity contribution in [3.8, 4) is 11.5 Å². The summed E-state index contributed by atoms with van der Waals surface area (Å²) in [5.41, 5.74) is -0.260. The zero-order chi connectivity index (χ0) is 23.2. The van der Waals surface area contributed by atoms with Gasteiger partial charge in [-0.25, -0.2) is 9.59 Å². The van der Waals surface area contributed by atoms with Gasteiger partial charge >= 0.3 is 18.7 Å². The van der Waals surface area contributed by atoms with Gasteiger partial charge < -0.3 is 29.3 Å². The zero-order valence-electron chi connectivity index (χ0n) is 18.6. The average molecular weight is 443 g/mol. The molecule has 0 bridgehead atoms. The number of rotatable bonds is 6. The zero-order valence-corrected chi connectivity index (χ0v) is 18.6. The molecule has 2 rings (SSSR count). The largest absolute Gasteiger partial charge is 0.493 e. The number of nitrogens with one attached hydrogen (secondary N) is 1. The molecule has 10 heteroatoms. The Morgan fingerprint density at radius 3 is 2.61 bits per heavy atom. The molecule has 0 aromatic heterocycles. The fourth-order valence-corrected chi connectivity index (χ4v) is 3.35. The minimum atomic E-state index is -3.01. The third-order valence-corrected chi connectivity index (χ3v) is 4.67. The molecule has 1 aliphatic heterocycles. The van der Waals surface area contributed by atoms with Gasteiger partial charge in [-0.2, -0.15) is 8.78 Å². The molecular weight excluding hydrogens is 412 g/mol. The number of hydrogen-bond donors (Lipinski definition) is 1. The number of amides is 3. The second-order valence-corrected chi connectivity index (χ2v) is 8.49. The fraction of sp³-hybridized carbons (Fsp3) is 0.619. The van der Waals surface area contributed by atoms with Crippen LogP contribution in [-0.4, -0.2) is 67.9 Å². The van der Waals surface area contributed by atoms with Gasteiger partial charge in [-0.3, -0.25) is 0 Å². The summed E-state index contributed by atoms with van der Waals surface area (Å²) in [6.07, 6.45) is 1.27. The second kappa shape index (κ2) is 10.5. The van der Waals surface area contributed by atoms with E-state index in [1.165, 1.54) is 24.1 Å². The van der Waals surface area contributed by atoms with Gasteiger partial charge in [0, 0.05) is 38.4 Å². The van der Waals surface area contributed by atoms with E-state index in [0.29, 0.717) is 25.3 Å². The summed E-state index contributed by atoms with van der Waals surface area (Å²) >= 11 is 0. The van der Waals surface area contributed by atoms with Crippen LogP contribution in [0.5, 0.6) is 11.5 Å². The van der Waals surface area contributed by atoms with Crippen LogP contribution in [0.4, 0.5) is 24.1 Å². The first-order valence-electron chi connectivity index (χ1n) is 10.1. The Balaban J connectivity index is 1.96. The molecule has 0 spiro atoms. The number of methoxy groups -OCH3 is 1. The lowest BCUT2D eigenvalue weighted by Crippen LogP contribution is -2.46. The molecule has 8 nitrogen and oxygen atoms in total. The Bertz CT molecular complexity index is 770. The number of carbonyl (C=O) groups is 2. The molecule has 1 saturated heterocycles. The van der Waals surface area contributed by atoms with E-state index in [9.17, 15) is 18.4 Å². The summed E-state index contributed by atoms with van der Waals surface area (Å²) in [4.78, 5) is 28.1. The van der Waals surface area contributed by atoms with Crippen molar-refractivity contribution < 1.29 is 32.6 Å². The Morgan fingerprint density at radius 2 is 2.00 bits per heavy atom. The predicted molar refractivity (Wildman–Crippen MR) is 112 cm³/mol. The minimum absolute atomic E-state index is 0.102. The second-order valence-electron chi connectivity index (χ2n) is 8.49. The van der Waals surface area contributed by atoms with E-state index in [-0.39, 0.29) is 23.4 Å². The molecule has 1 heterocycles. The molecule has 3 amide bonds. The van der Waals surface area contributed by atoms with Crippen LogP contribution < -0.4 is 14.8 Å². The third-order valence-electron chi connectivity index (χ3n) is 4.67. The molecule has 1 aromatic carbocycles. The Kier molecular flexibility index (Phi) is 8.29. The van der Waals surface area contributed by atoms with Gasteiger partial charge in [0.05, 0.1) is 7.11 Å². The fourth-order valence-electron chi connectivity index (χ4n) is 3.35. The summed E-state index contributed by atoms with van der Waals surface area (Å²) in [5, 5.41) is 2.71. The van der Waals surface area contributed by atoms with Crippen LogP contribution in [0.1, 0.15) is 33.6 Å². The van der Waals surface area contributed by atoms with Crippen LogP contribution in [0, 0.1) is 5.92 Å². The first kappa shape index (κ1) is 24.5. The van der Waals surface area contributed by atoms with Crippen molar-refractivity contribution in [2.75, 3.05) is 39.1 Å². The summed E-state index contributed by atoms with van der Waals surface area (Å²) in [6, 6.07) is 3.94. The molecule has 1 atom stereocenters. The Morgan fingerprint density at radius 1 is 1.29 bits per heavy atom. The van der Waals surface area contributed by atoms with Crippen LogP contribution >= 0.6 is 0 Å². The number of likely N-dealkylation sites (tertiary alicyclic amines) is 1. The van der Waals surface area contributed by atoms with Crippen LogP contribution in [-0.2, 0) is 4.74 Å². The maximum Gasteiger partial charge on any atom is 0.410 e. The number of benzene rings is 1. The molecule has 0 radical (unpaired) electrons. The molecule has 1 unspecified atom stereocenters. The summed E-state index contributed by atoms with van der Waals surface area (Å²) in [5.74, 6) is 0.0814. The van der Waals surface area contributed by atoms with Crippen molar-refractivity contribution in [1.82, 2.24) is 9.80 Å². The van der Waals surface area contributed by atoms with Gasteiger partial charge in [-0.1, -0.05) is 0 Å². The van der Waals surface area contributed by atoms with Crippen LogP contribution in [0.15, 0.2) is 18.2 Å². The van der Waals surface area contributed by atoms with E-state index in [0.717, 1.165) is 12.8 Å². The number of carbonyl (C=O) groups excluding carboxylic acids is 2. The normalized spacial score (nSPS) is 16.6. The highest BCUT2D eigenvalue weighted by molar-refractivity contribution is 5.89. The first-order valence-corrected chi connectivity index (χ1v) is 10.1. The molecule has 1 fully saturated rings. The molecule has 31 heavy (non-hydrogen) atoms. The lowest BCUT2D eigenvalue weighted by molar-refractivity contribution is -0.0511. The van der Waals surface area contributed by atoms with Gasteiger partial charge in [0.15, 0.2) is 11.5 Å². The smallest absolute Gasteiger partial charge is 0.410 e. The van der Waals surface area contributed by atoms with Crippen molar-refractivity contribution in [3.63, 3.8) is 0 Å². The van der Waals surface area contributed by atoms with Crippen molar-refractivity contribution in [2.45, 2.75) is 45.8 Å². The van der Waals surface area contributed by atoms with Gasteiger partial charge in [0.2, 0.25) is 0 Å². The summed E-state index contributed by atoms with van der Waals surface area (Å²) in [6.45, 7) is 3.91. The quantitative estimate of drug-likeness (QED) is 0.705. The van der Waals surface area contributed by atoms with E-state index in [2.05, 4.69) is 10.1 Å². The standard InChI is InChI=1S/C21H31F2N3O5/c1-21(2,3)31-20(28)25(4)12-14-7-6-10-26(13-14)19(27)24-15-8-9-16(29-5)17(11-15)30-18(22)23/h8-9,11,14,18H,6-7,10,12-13H2,1-5H3,(H,24,27). The number of alkyl halides is 2. The number of nitrogens with zero attached hydrogens (tertiary/aromatic N) is 2. The summed E-state index contributed by atoms with van der Waals surface area (Å²) in [7, 11) is 3.02. The van der Waals surface area contributed by atoms with Crippen molar-refractivity contribution >= 4 is 17.8 Å². The summed E-state index contributed by atoms with van der Waals surface area (Å²) < 4.78 is 40.0. The number of hydrogen-bond acceptors (Lipinski definition) is 5. The van der Waals surface area contributed by atoms with Gasteiger partial charge in [-0.05, 0) is 51.7 Å². The lowest BCUT2D eigenvalue weighted by Gasteiger charge is -2.35. The number of urea groups is 1. The van der Waals surface area contributed by atoms with Gasteiger partial charge in [0.1, 0.15) is 5.60 Å². The Labute approximate surface area is 181 Å². The molecule has 174 valence electrons. The number of piperidine rings is 1. The monoisotopic (exact) mass is 443 g/mol. The maximum absolute atomic E-state index is 12.7. The van der Waals surface area contributed by atoms with Crippen molar-refractivity contribution in [3.05, 3.63) is 18.2 Å². The van der Waals surface area contributed by atoms with Crippen LogP contribution in [0.3, 0.4) is 0 Å². The average Bonchev–Trinajstić information content (AvgIpc) is 2.66. The van der Waals surface area contributed by atoms with E-state index < -0.39 is 18.3 Å². The maximum atomic E-state index is 12.7. The molecular formula is C21H31F2N3O5. The number of ether oxygens (including phenoxy) is 3. The van der Waals surface area contributed by atoms with Crippen molar-refractivity contribution in [2.24, 2.45) is 5.92 Å². The predicted octanol–water partition coefficient (Wildman–Crippen LogP) is 4.41. The first-order chi connectivity index (χ1) is 14.5. The minimum Gasteiger partial charge on any atom is -0.493 e. The highest BCUT2D eigenvalue weighted by Gasteiger charge is 2.27. The van der Waals surface area contributed by atoms with E-state index in [1.807, 2.05) is 20.8 Å². The molecule has 0 aliphatic carbocycles. The van der Waals surface area contributed by atoms with E-state index in [4.69, 9.17) is 9.47 Å². The molecule has 1 aromatic rings. The number of anilines is 1. The third kappa shape index (κ3) is 7.76. The van der Waals surface area contributed by atoms with Crippen molar-refractivity contribution in [1.29, 1.82) is 0 Å². The van der Waals surface area contributed by atoms with E-state index >= 15 is 0 Å². The van der Waals surface area contributed by atoms with Gasteiger partial charge in [-0.15, -0.1) is 0 Å². The highest BCUT2D eigenvalue weighted by atomic mass is 19.3. The molecule has 1 N–H and O–H groups in total. The lowest BCUT2D eigenvalue weighted by atomic mass is 9.98. The topological polar surface area (TPSA) is 80.3 Å².